The van der Waals surface area contributed by atoms with Crippen molar-refractivity contribution < 1.29 is 19.1 Å². The second-order valence-electron chi connectivity index (χ2n) is 4.92. The van der Waals surface area contributed by atoms with Crippen LogP contribution in [0.4, 0.5) is 0 Å². The van der Waals surface area contributed by atoms with Gasteiger partial charge in [0.2, 0.25) is 0 Å². The molecule has 0 saturated carbocycles. The van der Waals surface area contributed by atoms with Gasteiger partial charge in [-0.15, -0.1) is 0 Å². The van der Waals surface area contributed by atoms with Gasteiger partial charge >= 0.3 is 11.9 Å². The van der Waals surface area contributed by atoms with Crippen LogP contribution in [-0.4, -0.2) is 18.5 Å². The fourth-order valence-corrected chi connectivity index (χ4v) is 3.27. The van der Waals surface area contributed by atoms with Crippen molar-refractivity contribution >= 4 is 69.9 Å². The van der Waals surface area contributed by atoms with Gasteiger partial charge in [-0.1, -0.05) is 88.3 Å². The first-order chi connectivity index (χ1) is 12.3. The summed E-state index contributed by atoms with van der Waals surface area (Å²) in [6.07, 6.45) is 0. The van der Waals surface area contributed by atoms with E-state index >= 15 is 0 Å². The van der Waals surface area contributed by atoms with Crippen LogP contribution in [0.15, 0.2) is 30.3 Å². The Morgan fingerprint density at radius 3 is 1.85 bits per heavy atom. The third kappa shape index (κ3) is 4.38. The lowest BCUT2D eigenvalue weighted by atomic mass is 9.99. The molecule has 0 amide bonds. The van der Waals surface area contributed by atoms with Gasteiger partial charge in [0, 0.05) is 0 Å². The van der Waals surface area contributed by atoms with E-state index in [1.807, 2.05) is 0 Å². The lowest BCUT2D eigenvalue weighted by molar-refractivity contribution is -0.152. The maximum atomic E-state index is 12.7. The zero-order valence-corrected chi connectivity index (χ0v) is 17.0. The van der Waals surface area contributed by atoms with Gasteiger partial charge < -0.3 is 9.47 Å². The molecule has 0 aliphatic carbocycles. The third-order valence-electron chi connectivity index (χ3n) is 3.26. The largest absolute Gasteiger partial charge is 0.465 e. The van der Waals surface area contributed by atoms with Crippen LogP contribution in [-0.2, 0) is 14.3 Å². The molecule has 0 heterocycles. The molecule has 0 radical (unpaired) electrons. The summed E-state index contributed by atoms with van der Waals surface area (Å²) in [4.78, 5) is 25.0. The molecule has 26 heavy (non-hydrogen) atoms. The molecule has 9 heteroatoms. The molecule has 0 aliphatic heterocycles. The molecule has 0 spiro atoms. The molecule has 4 nitrogen and oxygen atoms in total. The maximum Gasteiger partial charge on any atom is 0.330 e. The Kier molecular flexibility index (Phi) is 7.44. The quantitative estimate of drug-likeness (QED) is 0.177. The van der Waals surface area contributed by atoms with Crippen molar-refractivity contribution in [3.63, 3.8) is 0 Å². The number of hydrogen-bond acceptors (Lipinski definition) is 4. The Labute approximate surface area is 174 Å². The van der Waals surface area contributed by atoms with E-state index < -0.39 is 17.9 Å². The summed E-state index contributed by atoms with van der Waals surface area (Å²) in [5.41, 5.74) is 0.384. The predicted octanol–water partition coefficient (Wildman–Crippen LogP) is 6.21. The summed E-state index contributed by atoms with van der Waals surface area (Å²) < 4.78 is 10.2. The highest BCUT2D eigenvalue weighted by atomic mass is 35.5. The highest BCUT2D eigenvalue weighted by molar-refractivity contribution is 6.55. The highest BCUT2D eigenvalue weighted by Crippen LogP contribution is 2.48. The predicted molar refractivity (Wildman–Crippen MR) is 103 cm³/mol. The number of halogens is 5. The maximum absolute atomic E-state index is 12.7. The normalized spacial score (nSPS) is 11.8. The van der Waals surface area contributed by atoms with E-state index in [2.05, 4.69) is 0 Å². The topological polar surface area (TPSA) is 52.6 Å². The summed E-state index contributed by atoms with van der Waals surface area (Å²) >= 11 is 29.9. The molecular weight excluding hydrogens is 445 g/mol. The second kappa shape index (κ2) is 9.16. The van der Waals surface area contributed by atoms with Gasteiger partial charge in [-0.2, -0.15) is 0 Å². The van der Waals surface area contributed by atoms with Crippen molar-refractivity contribution in [2.45, 2.75) is 12.8 Å². The zero-order chi connectivity index (χ0) is 19.4. The molecule has 0 N–H and O–H groups in total. The number of esters is 2. The van der Waals surface area contributed by atoms with Crippen LogP contribution >= 0.6 is 58.0 Å². The molecule has 0 saturated heterocycles. The Bertz CT molecular complexity index is 810. The Morgan fingerprint density at radius 2 is 1.35 bits per heavy atom. The third-order valence-corrected chi connectivity index (χ3v) is 5.51. The van der Waals surface area contributed by atoms with Crippen molar-refractivity contribution in [1.29, 1.82) is 0 Å². The van der Waals surface area contributed by atoms with E-state index in [0.29, 0.717) is 5.56 Å². The van der Waals surface area contributed by atoms with E-state index in [0.717, 1.165) is 0 Å². The van der Waals surface area contributed by atoms with E-state index in [4.69, 9.17) is 67.5 Å². The van der Waals surface area contributed by atoms with Crippen LogP contribution in [0.2, 0.25) is 25.1 Å². The first kappa shape index (κ1) is 21.1. The van der Waals surface area contributed by atoms with Crippen LogP contribution in [0.5, 0.6) is 5.75 Å². The monoisotopic (exact) mass is 454 g/mol. The van der Waals surface area contributed by atoms with Gasteiger partial charge in [0.05, 0.1) is 21.7 Å². The van der Waals surface area contributed by atoms with Gasteiger partial charge in [-0.3, -0.25) is 9.59 Å². The summed E-state index contributed by atoms with van der Waals surface area (Å²) in [5.74, 6) is -3.35. The number of ether oxygens (including phenoxy) is 2. The molecule has 1 atom stereocenters. The van der Waals surface area contributed by atoms with E-state index in [-0.39, 0.29) is 37.5 Å². The second-order valence-corrected chi connectivity index (χ2v) is 6.81. The average molecular weight is 457 g/mol. The SMILES string of the molecule is CCOC(=O)C(C(=O)Oc1c(Cl)c(Cl)c(Cl)c(Cl)c1Cl)c1ccccc1. The van der Waals surface area contributed by atoms with Crippen molar-refractivity contribution in [1.82, 2.24) is 0 Å². The standard InChI is InChI=1S/C17H11Cl5O4/c1-2-25-16(23)9(8-6-4-3-5-7-8)17(24)26-15-13(21)11(19)10(18)12(20)14(15)22/h3-7,9H,2H2,1H3. The first-order valence-corrected chi connectivity index (χ1v) is 9.13. The Balaban J connectivity index is 2.44. The van der Waals surface area contributed by atoms with Crippen LogP contribution in [0.1, 0.15) is 18.4 Å². The van der Waals surface area contributed by atoms with Crippen molar-refractivity contribution in [2.75, 3.05) is 6.61 Å². The molecule has 2 aromatic rings. The smallest absolute Gasteiger partial charge is 0.330 e. The highest BCUT2D eigenvalue weighted by Gasteiger charge is 2.33. The number of carbonyl (C=O) groups excluding carboxylic acids is 2. The molecular formula is C17H11Cl5O4. The summed E-state index contributed by atoms with van der Waals surface area (Å²) in [6.45, 7) is 1.72. The number of rotatable bonds is 5. The van der Waals surface area contributed by atoms with Crippen molar-refractivity contribution in [2.24, 2.45) is 0 Å². The Hall–Kier alpha value is -1.17. The molecule has 2 rings (SSSR count). The number of hydrogen-bond donors (Lipinski definition) is 0. The molecule has 0 aliphatic rings. The van der Waals surface area contributed by atoms with Gasteiger partial charge in [0.15, 0.2) is 11.7 Å². The van der Waals surface area contributed by atoms with Crippen LogP contribution < -0.4 is 4.74 Å². The van der Waals surface area contributed by atoms with Gasteiger partial charge in [-0.25, -0.2) is 0 Å². The number of benzene rings is 2. The fourth-order valence-electron chi connectivity index (χ4n) is 2.07. The van der Waals surface area contributed by atoms with Gasteiger partial charge in [0.1, 0.15) is 10.0 Å². The van der Waals surface area contributed by atoms with Gasteiger partial charge in [0.25, 0.3) is 0 Å². The van der Waals surface area contributed by atoms with Crippen LogP contribution in [0.3, 0.4) is 0 Å². The lowest BCUT2D eigenvalue weighted by Gasteiger charge is -2.17. The van der Waals surface area contributed by atoms with Crippen molar-refractivity contribution in [3.8, 4) is 5.75 Å². The molecule has 2 aromatic carbocycles. The number of carbonyl (C=O) groups is 2. The average Bonchev–Trinajstić information content (AvgIpc) is 2.63. The summed E-state index contributed by atoms with van der Waals surface area (Å²) in [7, 11) is 0. The first-order valence-electron chi connectivity index (χ1n) is 7.24. The molecule has 1 unspecified atom stereocenters. The molecule has 0 fully saturated rings. The van der Waals surface area contributed by atoms with E-state index in [1.54, 1.807) is 37.3 Å². The van der Waals surface area contributed by atoms with E-state index in [1.165, 1.54) is 0 Å². The minimum absolute atomic E-state index is 0.0758. The van der Waals surface area contributed by atoms with Crippen LogP contribution in [0, 0.1) is 0 Å². The minimum Gasteiger partial charge on any atom is -0.465 e. The lowest BCUT2D eigenvalue weighted by Crippen LogP contribution is -2.28. The van der Waals surface area contributed by atoms with Crippen LogP contribution in [0.25, 0.3) is 0 Å². The summed E-state index contributed by atoms with van der Waals surface area (Å²) in [5, 5.41) is -0.728. The van der Waals surface area contributed by atoms with E-state index in [9.17, 15) is 9.59 Å². The minimum atomic E-state index is -1.34. The molecule has 138 valence electrons. The van der Waals surface area contributed by atoms with Gasteiger partial charge in [-0.05, 0) is 12.5 Å². The molecule has 0 bridgehead atoms. The van der Waals surface area contributed by atoms with Crippen molar-refractivity contribution in [3.05, 3.63) is 61.0 Å². The summed E-state index contributed by atoms with van der Waals surface area (Å²) in [6, 6.07) is 8.26. The fraction of sp³-hybridized carbons (Fsp3) is 0.176. The Morgan fingerprint density at radius 1 is 0.846 bits per heavy atom. The zero-order valence-electron chi connectivity index (χ0n) is 13.2. The molecule has 0 aromatic heterocycles.